The number of halogens is 2. The number of aryl methyl sites for hydroxylation is 1. The highest BCUT2D eigenvalue weighted by molar-refractivity contribution is 5.93. The van der Waals surface area contributed by atoms with Gasteiger partial charge in [-0.1, -0.05) is 6.42 Å². The van der Waals surface area contributed by atoms with Crippen LogP contribution in [0, 0.1) is 12.8 Å². The third kappa shape index (κ3) is 4.12. The fraction of sp³-hybridized carbons (Fsp3) is 0.500. The molecule has 1 fully saturated rings. The molecule has 18 heavy (non-hydrogen) atoms. The lowest BCUT2D eigenvalue weighted by Gasteiger charge is -2.15. The molecular weight excluding hydrogens is 273 g/mol. The van der Waals surface area contributed by atoms with Crippen LogP contribution in [0.2, 0.25) is 0 Å². The number of hydrogen-bond acceptors (Lipinski definition) is 3. The quantitative estimate of drug-likeness (QED) is 0.879. The van der Waals surface area contributed by atoms with Gasteiger partial charge in [0, 0.05) is 12.2 Å². The summed E-state index contributed by atoms with van der Waals surface area (Å²) in [6.07, 6.45) is 6.31. The van der Waals surface area contributed by atoms with Gasteiger partial charge in [0.25, 0.3) is 0 Å². The van der Waals surface area contributed by atoms with E-state index in [0.717, 1.165) is 30.5 Å². The monoisotopic (exact) mass is 291 g/mol. The Morgan fingerprint density at radius 2 is 2.11 bits per heavy atom. The Hall–Kier alpha value is -0.840. The molecule has 1 aromatic heterocycles. The molecule has 0 aromatic carbocycles. The number of nitrogens with zero attached hydrogens (tertiary/aromatic N) is 1. The molecule has 2 rings (SSSR count). The van der Waals surface area contributed by atoms with Gasteiger partial charge >= 0.3 is 0 Å². The first-order chi connectivity index (χ1) is 7.66. The van der Waals surface area contributed by atoms with E-state index in [9.17, 15) is 4.79 Å². The molecule has 102 valence electrons. The van der Waals surface area contributed by atoms with Crippen LogP contribution in [0.3, 0.4) is 0 Å². The minimum Gasteiger partial charge on any atom is -0.327 e. The predicted octanol–water partition coefficient (Wildman–Crippen LogP) is 2.30. The summed E-state index contributed by atoms with van der Waals surface area (Å²) in [7, 11) is 0. The molecule has 0 saturated heterocycles. The lowest BCUT2D eigenvalue weighted by molar-refractivity contribution is -0.120. The molecule has 1 heterocycles. The zero-order valence-corrected chi connectivity index (χ0v) is 11.9. The van der Waals surface area contributed by atoms with Crippen LogP contribution in [0.15, 0.2) is 18.5 Å². The largest absolute Gasteiger partial charge is 0.327 e. The molecule has 1 aliphatic carbocycles. The van der Waals surface area contributed by atoms with Gasteiger partial charge in [-0.05, 0) is 31.4 Å². The van der Waals surface area contributed by atoms with Crippen molar-refractivity contribution >= 4 is 36.4 Å². The minimum absolute atomic E-state index is 0. The first-order valence-electron chi connectivity index (χ1n) is 5.65. The molecular formula is C12H19Cl2N3O. The number of carbonyl (C=O) groups excluding carboxylic acids is 1. The number of carbonyl (C=O) groups is 1. The van der Waals surface area contributed by atoms with Gasteiger partial charge in [0.05, 0.1) is 17.8 Å². The minimum atomic E-state index is -0.0412. The summed E-state index contributed by atoms with van der Waals surface area (Å²) in [5.74, 6) is -0.0158. The number of nitrogens with two attached hydrogens (primary N) is 1. The van der Waals surface area contributed by atoms with Gasteiger partial charge in [-0.2, -0.15) is 0 Å². The van der Waals surface area contributed by atoms with E-state index in [-0.39, 0.29) is 42.7 Å². The average Bonchev–Trinajstić information content (AvgIpc) is 2.64. The zero-order valence-electron chi connectivity index (χ0n) is 10.3. The van der Waals surface area contributed by atoms with Gasteiger partial charge in [-0.25, -0.2) is 0 Å². The van der Waals surface area contributed by atoms with Gasteiger partial charge in [-0.3, -0.25) is 9.78 Å². The molecule has 0 aliphatic heterocycles. The van der Waals surface area contributed by atoms with E-state index in [1.807, 2.05) is 13.0 Å². The number of pyridine rings is 1. The van der Waals surface area contributed by atoms with Crippen molar-refractivity contribution in [1.29, 1.82) is 0 Å². The second kappa shape index (κ2) is 7.56. The van der Waals surface area contributed by atoms with E-state index < -0.39 is 0 Å². The van der Waals surface area contributed by atoms with Crippen LogP contribution in [0.5, 0.6) is 0 Å². The van der Waals surface area contributed by atoms with Crippen LogP contribution < -0.4 is 11.1 Å². The summed E-state index contributed by atoms with van der Waals surface area (Å²) in [4.78, 5) is 16.0. The standard InChI is InChI=1S/C12H17N3O.2ClH/c1-8-5-9(7-14-6-8)15-12(16)10-3-2-4-11(10)13;;/h5-7,10-11H,2-4,13H2,1H3,(H,15,16);2*1H. The highest BCUT2D eigenvalue weighted by Gasteiger charge is 2.30. The maximum atomic E-state index is 11.9. The van der Waals surface area contributed by atoms with Crippen LogP contribution in [0.4, 0.5) is 5.69 Å². The summed E-state index contributed by atoms with van der Waals surface area (Å²) in [6.45, 7) is 1.95. The molecule has 3 N–H and O–H groups in total. The number of hydrogen-bond donors (Lipinski definition) is 2. The normalized spacial score (nSPS) is 21.7. The molecule has 0 radical (unpaired) electrons. The van der Waals surface area contributed by atoms with Gasteiger partial charge in [-0.15, -0.1) is 24.8 Å². The first kappa shape index (κ1) is 17.2. The highest BCUT2D eigenvalue weighted by Crippen LogP contribution is 2.25. The van der Waals surface area contributed by atoms with E-state index >= 15 is 0 Å². The fourth-order valence-electron chi connectivity index (χ4n) is 2.17. The smallest absolute Gasteiger partial charge is 0.229 e. The molecule has 0 bridgehead atoms. The molecule has 4 nitrogen and oxygen atoms in total. The molecule has 1 aliphatic rings. The summed E-state index contributed by atoms with van der Waals surface area (Å²) < 4.78 is 0. The van der Waals surface area contributed by atoms with Gasteiger partial charge in [0.1, 0.15) is 0 Å². The van der Waals surface area contributed by atoms with Crippen molar-refractivity contribution in [3.63, 3.8) is 0 Å². The van der Waals surface area contributed by atoms with Crippen molar-refractivity contribution < 1.29 is 4.79 Å². The zero-order chi connectivity index (χ0) is 11.5. The number of rotatable bonds is 2. The van der Waals surface area contributed by atoms with Crippen LogP contribution in [0.1, 0.15) is 24.8 Å². The molecule has 1 saturated carbocycles. The van der Waals surface area contributed by atoms with Crippen molar-refractivity contribution in [3.8, 4) is 0 Å². The second-order valence-corrected chi connectivity index (χ2v) is 4.44. The summed E-state index contributed by atoms with van der Waals surface area (Å²) in [6, 6.07) is 1.92. The number of nitrogens with one attached hydrogen (secondary N) is 1. The number of anilines is 1. The van der Waals surface area contributed by atoms with Crippen molar-refractivity contribution in [3.05, 3.63) is 24.0 Å². The molecule has 0 spiro atoms. The van der Waals surface area contributed by atoms with Gasteiger partial charge in [0.2, 0.25) is 5.91 Å². The lowest BCUT2D eigenvalue weighted by Crippen LogP contribution is -2.34. The van der Waals surface area contributed by atoms with E-state index in [2.05, 4.69) is 10.3 Å². The molecule has 1 aromatic rings. The van der Waals surface area contributed by atoms with E-state index in [1.54, 1.807) is 12.4 Å². The predicted molar refractivity (Wildman–Crippen MR) is 77.4 cm³/mol. The topological polar surface area (TPSA) is 68.0 Å². The second-order valence-electron chi connectivity index (χ2n) is 4.44. The number of aromatic nitrogens is 1. The molecule has 6 heteroatoms. The first-order valence-corrected chi connectivity index (χ1v) is 5.65. The van der Waals surface area contributed by atoms with Crippen molar-refractivity contribution in [2.75, 3.05) is 5.32 Å². The third-order valence-electron chi connectivity index (χ3n) is 3.05. The summed E-state index contributed by atoms with van der Waals surface area (Å²) in [5.41, 5.74) is 7.68. The van der Waals surface area contributed by atoms with Crippen LogP contribution in [-0.4, -0.2) is 16.9 Å². The lowest BCUT2D eigenvalue weighted by atomic mass is 10.0. The van der Waals surface area contributed by atoms with E-state index in [1.165, 1.54) is 0 Å². The Morgan fingerprint density at radius 1 is 1.39 bits per heavy atom. The third-order valence-corrected chi connectivity index (χ3v) is 3.05. The number of amides is 1. The molecule has 2 unspecified atom stereocenters. The Labute approximate surface area is 120 Å². The van der Waals surface area contributed by atoms with Crippen molar-refractivity contribution in [2.45, 2.75) is 32.2 Å². The fourth-order valence-corrected chi connectivity index (χ4v) is 2.17. The van der Waals surface area contributed by atoms with Crippen LogP contribution in [-0.2, 0) is 4.79 Å². The van der Waals surface area contributed by atoms with Crippen LogP contribution in [0.25, 0.3) is 0 Å². The molecule has 2 atom stereocenters. The Morgan fingerprint density at radius 3 is 2.67 bits per heavy atom. The molecule has 1 amide bonds. The van der Waals surface area contributed by atoms with Crippen molar-refractivity contribution in [2.24, 2.45) is 11.7 Å². The van der Waals surface area contributed by atoms with E-state index in [4.69, 9.17) is 5.73 Å². The Kier molecular flexibility index (Phi) is 7.21. The SMILES string of the molecule is Cc1cncc(NC(=O)C2CCCC2N)c1.Cl.Cl. The average molecular weight is 292 g/mol. The maximum absolute atomic E-state index is 11.9. The summed E-state index contributed by atoms with van der Waals surface area (Å²) >= 11 is 0. The highest BCUT2D eigenvalue weighted by atomic mass is 35.5. The van der Waals surface area contributed by atoms with Crippen LogP contribution >= 0.6 is 24.8 Å². The van der Waals surface area contributed by atoms with Gasteiger partial charge < -0.3 is 11.1 Å². The van der Waals surface area contributed by atoms with Crippen molar-refractivity contribution in [1.82, 2.24) is 4.98 Å². The Balaban J connectivity index is 0.00000144. The van der Waals surface area contributed by atoms with E-state index in [0.29, 0.717) is 0 Å². The maximum Gasteiger partial charge on any atom is 0.229 e. The Bertz CT molecular complexity index is 401. The summed E-state index contributed by atoms with van der Waals surface area (Å²) in [5, 5.41) is 2.87. The van der Waals surface area contributed by atoms with Gasteiger partial charge in [0.15, 0.2) is 0 Å².